The minimum atomic E-state index is 0.105. The second-order valence-corrected chi connectivity index (χ2v) is 8.20. The molecule has 0 aliphatic carbocycles. The van der Waals surface area contributed by atoms with E-state index in [1.54, 1.807) is 11.3 Å². The van der Waals surface area contributed by atoms with E-state index in [-0.39, 0.29) is 11.9 Å². The van der Waals surface area contributed by atoms with Crippen LogP contribution in [-0.4, -0.2) is 21.3 Å². The van der Waals surface area contributed by atoms with Crippen LogP contribution in [0.25, 0.3) is 16.2 Å². The van der Waals surface area contributed by atoms with Crippen LogP contribution in [-0.2, 0) is 17.6 Å². The molecule has 0 saturated heterocycles. The lowest BCUT2D eigenvalue weighted by Crippen LogP contribution is -2.33. The average Bonchev–Trinajstić information content (AvgIpc) is 3.33. The highest BCUT2D eigenvalue weighted by molar-refractivity contribution is 7.15. The number of amides is 1. The van der Waals surface area contributed by atoms with E-state index in [1.165, 1.54) is 5.56 Å². The highest BCUT2D eigenvalue weighted by Gasteiger charge is 2.12. The number of aromatic nitrogens is 2. The van der Waals surface area contributed by atoms with Crippen molar-refractivity contribution in [3.05, 3.63) is 83.5 Å². The number of rotatable bonds is 8. The normalized spacial score (nSPS) is 12.2. The Morgan fingerprint density at radius 1 is 1.07 bits per heavy atom. The fraction of sp³-hybridized carbons (Fsp3) is 0.250. The summed E-state index contributed by atoms with van der Waals surface area (Å²) in [7, 11) is 0. The molecule has 1 atom stereocenters. The molecule has 1 unspecified atom stereocenters. The Bertz CT molecular complexity index is 1070. The zero-order chi connectivity index (χ0) is 20.1. The molecule has 0 bridgehead atoms. The first kappa shape index (κ1) is 19.4. The number of aryl methyl sites for hydroxylation is 2. The van der Waals surface area contributed by atoms with E-state index >= 15 is 0 Å². The van der Waals surface area contributed by atoms with Crippen molar-refractivity contribution in [3.8, 4) is 11.3 Å². The van der Waals surface area contributed by atoms with Gasteiger partial charge in [-0.15, -0.1) is 11.3 Å². The van der Waals surface area contributed by atoms with Crippen molar-refractivity contribution >= 4 is 22.2 Å². The molecule has 2 aromatic carbocycles. The summed E-state index contributed by atoms with van der Waals surface area (Å²) in [5.74, 6) is 0.105. The molecule has 1 amide bonds. The number of nitrogens with zero attached hydrogens (tertiary/aromatic N) is 2. The van der Waals surface area contributed by atoms with Crippen LogP contribution in [0.1, 0.15) is 31.0 Å². The van der Waals surface area contributed by atoms with Crippen LogP contribution < -0.4 is 5.32 Å². The van der Waals surface area contributed by atoms with Crippen LogP contribution in [0.15, 0.2) is 72.2 Å². The molecule has 0 fully saturated rings. The predicted octanol–water partition coefficient (Wildman–Crippen LogP) is 5.13. The van der Waals surface area contributed by atoms with Crippen molar-refractivity contribution in [1.29, 1.82) is 0 Å². The van der Waals surface area contributed by atoms with Crippen molar-refractivity contribution in [2.24, 2.45) is 0 Å². The first-order valence-electron chi connectivity index (χ1n) is 10.0. The lowest BCUT2D eigenvalue weighted by Gasteiger charge is -2.13. The fourth-order valence-corrected chi connectivity index (χ4v) is 4.35. The first-order valence-corrected chi connectivity index (χ1v) is 10.9. The van der Waals surface area contributed by atoms with E-state index in [4.69, 9.17) is 4.98 Å². The molecule has 0 radical (unpaired) electrons. The lowest BCUT2D eigenvalue weighted by molar-refractivity contribution is -0.121. The fourth-order valence-electron chi connectivity index (χ4n) is 3.45. The maximum Gasteiger partial charge on any atom is 0.220 e. The maximum atomic E-state index is 12.4. The Balaban J connectivity index is 1.31. The number of nitrogens with one attached hydrogen (secondary N) is 1. The molecule has 0 saturated carbocycles. The number of thiazole rings is 1. The second-order valence-electron chi connectivity index (χ2n) is 7.36. The second kappa shape index (κ2) is 9.05. The Labute approximate surface area is 175 Å². The maximum absolute atomic E-state index is 12.4. The topological polar surface area (TPSA) is 46.4 Å². The third-order valence-electron chi connectivity index (χ3n) is 5.08. The zero-order valence-electron chi connectivity index (χ0n) is 16.5. The molecule has 1 N–H and O–H groups in total. The standard InChI is InChI=1S/C24H25N3OS/c1-18(12-13-19-8-4-2-5-9-19)25-23(28)15-14-21-17-29-24-26-22(16-27(21)24)20-10-6-3-7-11-20/h2-11,16-18H,12-15H2,1H3,(H,25,28). The van der Waals surface area contributed by atoms with Gasteiger partial charge in [0.2, 0.25) is 5.91 Å². The van der Waals surface area contributed by atoms with Gasteiger partial charge in [-0.3, -0.25) is 9.20 Å². The van der Waals surface area contributed by atoms with Gasteiger partial charge in [0, 0.05) is 35.3 Å². The van der Waals surface area contributed by atoms with Gasteiger partial charge < -0.3 is 5.32 Å². The van der Waals surface area contributed by atoms with Crippen molar-refractivity contribution in [1.82, 2.24) is 14.7 Å². The zero-order valence-corrected chi connectivity index (χ0v) is 17.4. The Kier molecular flexibility index (Phi) is 6.06. The van der Waals surface area contributed by atoms with Gasteiger partial charge in [-0.05, 0) is 31.7 Å². The largest absolute Gasteiger partial charge is 0.354 e. The van der Waals surface area contributed by atoms with Gasteiger partial charge in [0.25, 0.3) is 0 Å². The van der Waals surface area contributed by atoms with Gasteiger partial charge in [0.1, 0.15) is 0 Å². The number of carbonyl (C=O) groups is 1. The number of carbonyl (C=O) groups excluding carboxylic acids is 1. The minimum Gasteiger partial charge on any atom is -0.354 e. The van der Waals surface area contributed by atoms with Gasteiger partial charge in [-0.1, -0.05) is 60.7 Å². The SMILES string of the molecule is CC(CCc1ccccc1)NC(=O)CCc1csc2nc(-c3ccccc3)cn12. The molecule has 148 valence electrons. The minimum absolute atomic E-state index is 0.105. The molecule has 0 aliphatic heterocycles. The molecule has 0 spiro atoms. The highest BCUT2D eigenvalue weighted by atomic mass is 32.1. The number of hydrogen-bond acceptors (Lipinski definition) is 3. The van der Waals surface area contributed by atoms with Gasteiger partial charge >= 0.3 is 0 Å². The van der Waals surface area contributed by atoms with Crippen molar-refractivity contribution in [2.45, 2.75) is 38.6 Å². The van der Waals surface area contributed by atoms with Crippen LogP contribution in [0.2, 0.25) is 0 Å². The Morgan fingerprint density at radius 2 is 1.79 bits per heavy atom. The van der Waals surface area contributed by atoms with E-state index in [2.05, 4.69) is 64.6 Å². The molecule has 4 rings (SSSR count). The van der Waals surface area contributed by atoms with Crippen LogP contribution >= 0.6 is 11.3 Å². The van der Waals surface area contributed by atoms with E-state index in [9.17, 15) is 4.79 Å². The molecule has 2 heterocycles. The number of hydrogen-bond donors (Lipinski definition) is 1. The summed E-state index contributed by atoms with van der Waals surface area (Å²) in [6.07, 6.45) is 5.18. The summed E-state index contributed by atoms with van der Waals surface area (Å²) in [6.45, 7) is 2.08. The summed E-state index contributed by atoms with van der Waals surface area (Å²) in [5.41, 5.74) is 4.52. The van der Waals surface area contributed by atoms with Gasteiger partial charge in [-0.25, -0.2) is 4.98 Å². The van der Waals surface area contributed by atoms with Gasteiger partial charge in [0.15, 0.2) is 4.96 Å². The number of benzene rings is 2. The van der Waals surface area contributed by atoms with Crippen LogP contribution in [0.3, 0.4) is 0 Å². The van der Waals surface area contributed by atoms with E-state index < -0.39 is 0 Å². The molecule has 4 nitrogen and oxygen atoms in total. The molecular formula is C24H25N3OS. The number of imidazole rings is 1. The van der Waals surface area contributed by atoms with Crippen LogP contribution in [0.4, 0.5) is 0 Å². The molecule has 0 aliphatic rings. The van der Waals surface area contributed by atoms with Crippen molar-refractivity contribution in [3.63, 3.8) is 0 Å². The summed E-state index contributed by atoms with van der Waals surface area (Å²) < 4.78 is 2.11. The summed E-state index contributed by atoms with van der Waals surface area (Å²) in [5, 5.41) is 5.23. The molecule has 29 heavy (non-hydrogen) atoms. The molecular weight excluding hydrogens is 378 g/mol. The van der Waals surface area contributed by atoms with Crippen LogP contribution in [0, 0.1) is 0 Å². The lowest BCUT2D eigenvalue weighted by atomic mass is 10.1. The molecule has 5 heteroatoms. The smallest absolute Gasteiger partial charge is 0.220 e. The van der Waals surface area contributed by atoms with E-state index in [0.717, 1.165) is 34.8 Å². The predicted molar refractivity (Wildman–Crippen MR) is 119 cm³/mol. The van der Waals surface area contributed by atoms with Crippen LogP contribution in [0.5, 0.6) is 0 Å². The Hall–Kier alpha value is -2.92. The molecule has 4 aromatic rings. The summed E-state index contributed by atoms with van der Waals surface area (Å²) in [6, 6.07) is 20.7. The molecule has 2 aromatic heterocycles. The summed E-state index contributed by atoms with van der Waals surface area (Å²) >= 11 is 1.62. The van der Waals surface area contributed by atoms with E-state index in [1.807, 2.05) is 24.3 Å². The monoisotopic (exact) mass is 403 g/mol. The highest BCUT2D eigenvalue weighted by Crippen LogP contribution is 2.24. The van der Waals surface area contributed by atoms with Gasteiger partial charge in [-0.2, -0.15) is 0 Å². The van der Waals surface area contributed by atoms with Gasteiger partial charge in [0.05, 0.1) is 5.69 Å². The Morgan fingerprint density at radius 3 is 2.55 bits per heavy atom. The average molecular weight is 404 g/mol. The third kappa shape index (κ3) is 4.93. The van der Waals surface area contributed by atoms with Crippen molar-refractivity contribution < 1.29 is 4.79 Å². The summed E-state index contributed by atoms with van der Waals surface area (Å²) in [4.78, 5) is 18.1. The first-order chi connectivity index (χ1) is 14.2. The quantitative estimate of drug-likeness (QED) is 0.443. The van der Waals surface area contributed by atoms with Crippen molar-refractivity contribution in [2.75, 3.05) is 0 Å². The third-order valence-corrected chi connectivity index (χ3v) is 5.97. The number of fused-ring (bicyclic) bond motifs is 1. The van der Waals surface area contributed by atoms with E-state index in [0.29, 0.717) is 12.8 Å².